The van der Waals surface area contributed by atoms with Gasteiger partial charge in [-0.15, -0.1) is 0 Å². The van der Waals surface area contributed by atoms with Crippen LogP contribution in [-0.2, 0) is 6.54 Å². The molecule has 0 saturated carbocycles. The number of nitrogens with two attached hydrogens (primary N) is 1. The van der Waals surface area contributed by atoms with Gasteiger partial charge in [0.15, 0.2) is 5.82 Å². The van der Waals surface area contributed by atoms with Crippen molar-refractivity contribution in [2.24, 2.45) is 0 Å². The Bertz CT molecular complexity index is 629. The number of amides is 1. The number of hydrogen-bond acceptors (Lipinski definition) is 5. The van der Waals surface area contributed by atoms with Crippen molar-refractivity contribution in [3.63, 3.8) is 0 Å². The second-order valence-corrected chi connectivity index (χ2v) is 4.63. The number of aryl methyl sites for hydroxylation is 1. The molecule has 0 bridgehead atoms. The van der Waals surface area contributed by atoms with Gasteiger partial charge in [0.1, 0.15) is 5.82 Å². The first-order valence-electron chi connectivity index (χ1n) is 5.29. The number of hydrogen-bond donors (Lipinski definition) is 2. The zero-order valence-electron chi connectivity index (χ0n) is 9.91. The number of benzene rings is 1. The fraction of sp³-hybridized carbons (Fsp3) is 0.182. The quantitative estimate of drug-likeness (QED) is 0.838. The van der Waals surface area contributed by atoms with Crippen molar-refractivity contribution in [3.05, 3.63) is 39.7 Å². The Kier molecular flexibility index (Phi) is 3.79. The highest BCUT2D eigenvalue weighted by molar-refractivity contribution is 9.10. The lowest BCUT2D eigenvalue weighted by molar-refractivity contribution is 0.0945. The summed E-state index contributed by atoms with van der Waals surface area (Å²) in [7, 11) is 0. The second-order valence-electron chi connectivity index (χ2n) is 3.77. The number of anilines is 1. The topological polar surface area (TPSA) is 94.0 Å². The van der Waals surface area contributed by atoms with Crippen molar-refractivity contribution in [1.82, 2.24) is 15.5 Å². The summed E-state index contributed by atoms with van der Waals surface area (Å²) in [5, 5.41) is 6.17. The number of halogens is 2. The Balaban J connectivity index is 2.10. The third-order valence-corrected chi connectivity index (χ3v) is 2.96. The minimum absolute atomic E-state index is 0.0867. The second kappa shape index (κ2) is 5.35. The van der Waals surface area contributed by atoms with E-state index in [9.17, 15) is 9.18 Å². The van der Waals surface area contributed by atoms with Crippen molar-refractivity contribution in [1.29, 1.82) is 0 Å². The van der Waals surface area contributed by atoms with Gasteiger partial charge in [-0.2, -0.15) is 4.98 Å². The molecule has 0 atom stereocenters. The molecular formula is C11H10BrFN4O2. The zero-order chi connectivity index (χ0) is 14.0. The molecule has 1 aromatic carbocycles. The van der Waals surface area contributed by atoms with Gasteiger partial charge in [0.05, 0.1) is 17.8 Å². The van der Waals surface area contributed by atoms with E-state index in [0.717, 1.165) is 6.07 Å². The average Bonchev–Trinajstić information content (AvgIpc) is 2.77. The average molecular weight is 329 g/mol. The molecule has 2 aromatic rings. The van der Waals surface area contributed by atoms with Gasteiger partial charge in [-0.3, -0.25) is 4.79 Å². The first-order valence-corrected chi connectivity index (χ1v) is 6.08. The van der Waals surface area contributed by atoms with Crippen LogP contribution in [0.2, 0.25) is 0 Å². The number of aromatic nitrogens is 2. The molecule has 0 fully saturated rings. The number of carbonyl (C=O) groups is 1. The smallest absolute Gasteiger partial charge is 0.252 e. The summed E-state index contributed by atoms with van der Waals surface area (Å²) in [5.41, 5.74) is 5.56. The molecule has 8 heteroatoms. The van der Waals surface area contributed by atoms with Gasteiger partial charge in [0.25, 0.3) is 5.91 Å². The van der Waals surface area contributed by atoms with Crippen LogP contribution in [0.4, 0.5) is 10.1 Å². The maximum absolute atomic E-state index is 13.2. The van der Waals surface area contributed by atoms with E-state index < -0.39 is 11.7 Å². The fourth-order valence-corrected chi connectivity index (χ4v) is 1.90. The molecule has 3 N–H and O–H groups in total. The molecule has 19 heavy (non-hydrogen) atoms. The minimum Gasteiger partial charge on any atom is -0.396 e. The molecule has 2 rings (SSSR count). The molecule has 0 unspecified atom stereocenters. The molecular weight excluding hydrogens is 319 g/mol. The van der Waals surface area contributed by atoms with E-state index in [4.69, 9.17) is 10.3 Å². The molecule has 0 spiro atoms. The first-order chi connectivity index (χ1) is 8.97. The minimum atomic E-state index is -0.587. The summed E-state index contributed by atoms with van der Waals surface area (Å²) >= 11 is 3.10. The van der Waals surface area contributed by atoms with Gasteiger partial charge >= 0.3 is 0 Å². The molecule has 1 aromatic heterocycles. The van der Waals surface area contributed by atoms with Crippen LogP contribution in [0.5, 0.6) is 0 Å². The van der Waals surface area contributed by atoms with Gasteiger partial charge in [-0.05, 0) is 35.0 Å². The lowest BCUT2D eigenvalue weighted by Crippen LogP contribution is -2.23. The highest BCUT2D eigenvalue weighted by atomic mass is 79.9. The van der Waals surface area contributed by atoms with E-state index in [-0.39, 0.29) is 23.7 Å². The van der Waals surface area contributed by atoms with E-state index in [2.05, 4.69) is 31.4 Å². The predicted octanol–water partition coefficient (Wildman–Crippen LogP) is 1.79. The molecule has 0 aliphatic carbocycles. The zero-order valence-corrected chi connectivity index (χ0v) is 11.5. The van der Waals surface area contributed by atoms with Crippen molar-refractivity contribution in [2.75, 3.05) is 5.73 Å². The van der Waals surface area contributed by atoms with Crippen LogP contribution < -0.4 is 11.1 Å². The summed E-state index contributed by atoms with van der Waals surface area (Å²) in [6.45, 7) is 1.76. The van der Waals surface area contributed by atoms with Crippen molar-refractivity contribution >= 4 is 27.5 Å². The van der Waals surface area contributed by atoms with E-state index in [1.807, 2.05) is 0 Å². The summed E-state index contributed by atoms with van der Waals surface area (Å²) in [5.74, 6) is -0.237. The van der Waals surface area contributed by atoms with Crippen molar-refractivity contribution in [3.8, 4) is 0 Å². The van der Waals surface area contributed by atoms with Crippen LogP contribution in [0.3, 0.4) is 0 Å². The summed E-state index contributed by atoms with van der Waals surface area (Å²) < 4.78 is 18.3. The number of carbonyl (C=O) groups excluding carboxylic acids is 1. The van der Waals surface area contributed by atoms with Crippen LogP contribution in [0, 0.1) is 12.7 Å². The Hall–Kier alpha value is -1.96. The Morgan fingerprint density at radius 1 is 1.58 bits per heavy atom. The molecule has 1 amide bonds. The third-order valence-electron chi connectivity index (χ3n) is 2.30. The molecule has 0 radical (unpaired) electrons. The maximum Gasteiger partial charge on any atom is 0.252 e. The van der Waals surface area contributed by atoms with Crippen LogP contribution in [-0.4, -0.2) is 16.0 Å². The van der Waals surface area contributed by atoms with Crippen LogP contribution >= 0.6 is 15.9 Å². The third kappa shape index (κ3) is 3.08. The number of rotatable bonds is 3. The monoisotopic (exact) mass is 328 g/mol. The largest absolute Gasteiger partial charge is 0.396 e. The van der Waals surface area contributed by atoms with Crippen LogP contribution in [0.1, 0.15) is 22.1 Å². The van der Waals surface area contributed by atoms with Gasteiger partial charge in [-0.1, -0.05) is 5.16 Å². The maximum atomic E-state index is 13.2. The lowest BCUT2D eigenvalue weighted by atomic mass is 10.2. The fourth-order valence-electron chi connectivity index (χ4n) is 1.40. The van der Waals surface area contributed by atoms with E-state index in [1.165, 1.54) is 6.07 Å². The van der Waals surface area contributed by atoms with Crippen molar-refractivity contribution in [2.45, 2.75) is 13.5 Å². The van der Waals surface area contributed by atoms with E-state index in [1.54, 1.807) is 6.92 Å². The lowest BCUT2D eigenvalue weighted by Gasteiger charge is -2.06. The Labute approximate surface area is 116 Å². The molecule has 6 nitrogen and oxygen atoms in total. The predicted molar refractivity (Wildman–Crippen MR) is 68.7 cm³/mol. The van der Waals surface area contributed by atoms with Gasteiger partial charge in [0.2, 0.25) is 5.89 Å². The van der Waals surface area contributed by atoms with Gasteiger partial charge in [-0.25, -0.2) is 4.39 Å². The number of nitrogens with one attached hydrogen (secondary N) is 1. The summed E-state index contributed by atoms with van der Waals surface area (Å²) in [6.07, 6.45) is 0. The molecule has 0 aliphatic rings. The molecule has 100 valence electrons. The highest BCUT2D eigenvalue weighted by Gasteiger charge is 2.14. The van der Waals surface area contributed by atoms with E-state index >= 15 is 0 Å². The number of nitrogens with zero attached hydrogens (tertiary/aromatic N) is 2. The molecule has 0 saturated heterocycles. The number of nitrogen functional groups attached to an aromatic ring is 1. The van der Waals surface area contributed by atoms with E-state index in [0.29, 0.717) is 10.3 Å². The van der Waals surface area contributed by atoms with Gasteiger partial charge < -0.3 is 15.6 Å². The standard InChI is InChI=1S/C11H10BrFN4O2/c1-5-16-10(19-17-5)4-15-11(18)6-2-9(14)8(13)3-7(6)12/h2-3H,4,14H2,1H3,(H,15,18). The summed E-state index contributed by atoms with van der Waals surface area (Å²) in [4.78, 5) is 15.8. The Morgan fingerprint density at radius 2 is 2.32 bits per heavy atom. The van der Waals surface area contributed by atoms with Crippen LogP contribution in [0.25, 0.3) is 0 Å². The SMILES string of the molecule is Cc1noc(CNC(=O)c2cc(N)c(F)cc2Br)n1. The Morgan fingerprint density at radius 3 is 2.95 bits per heavy atom. The molecule has 0 aliphatic heterocycles. The molecule has 1 heterocycles. The normalized spacial score (nSPS) is 10.5. The van der Waals surface area contributed by atoms with Crippen molar-refractivity contribution < 1.29 is 13.7 Å². The van der Waals surface area contributed by atoms with Gasteiger partial charge in [0, 0.05) is 4.47 Å². The first kappa shape index (κ1) is 13.5. The summed E-state index contributed by atoms with van der Waals surface area (Å²) in [6, 6.07) is 2.40. The van der Waals surface area contributed by atoms with Crippen LogP contribution in [0.15, 0.2) is 21.1 Å². The highest BCUT2D eigenvalue weighted by Crippen LogP contribution is 2.22.